The highest BCUT2D eigenvalue weighted by Crippen LogP contribution is 2.22. The molecule has 0 heterocycles. The van der Waals surface area contributed by atoms with E-state index in [1.165, 1.54) is 12.1 Å². The Kier molecular flexibility index (Phi) is 6.56. The molecular weight excluding hydrogens is 333 g/mol. The third kappa shape index (κ3) is 5.24. The number of nitrogens with one attached hydrogen (secondary N) is 2. The molecule has 24 heavy (non-hydrogen) atoms. The van der Waals surface area contributed by atoms with Crippen LogP contribution in [-0.2, 0) is 4.79 Å². The Balaban J connectivity index is 1.72. The second kappa shape index (κ2) is 8.88. The number of anilines is 1. The van der Waals surface area contributed by atoms with Crippen molar-refractivity contribution in [3.05, 3.63) is 64.5 Å². The van der Waals surface area contributed by atoms with Gasteiger partial charge < -0.3 is 10.6 Å². The highest BCUT2D eigenvalue weighted by Gasteiger charge is 2.11. The number of nitro groups is 1. The summed E-state index contributed by atoms with van der Waals surface area (Å²) in [6.07, 6.45) is 0. The number of hydrogen-bond acceptors (Lipinski definition) is 5. The van der Waals surface area contributed by atoms with Gasteiger partial charge in [-0.15, -0.1) is 11.8 Å². The van der Waals surface area contributed by atoms with Crippen molar-refractivity contribution in [3.8, 4) is 0 Å². The van der Waals surface area contributed by atoms with Crippen LogP contribution in [0.1, 0.15) is 0 Å². The Morgan fingerprint density at radius 2 is 1.83 bits per heavy atom. The second-order valence-electron chi connectivity index (χ2n) is 4.77. The third-order valence-corrected chi connectivity index (χ3v) is 4.11. The molecule has 2 aromatic rings. The standard InChI is InChI=1S/C16H16FN3O3S/c17-12-5-1-4-8-15(12)24-11-16(21)19-10-9-18-13-6-2-3-7-14(13)20(22)23/h1-8,18H,9-11H2,(H,19,21). The Hall–Kier alpha value is -2.61. The summed E-state index contributed by atoms with van der Waals surface area (Å²) >= 11 is 1.12. The van der Waals surface area contributed by atoms with Crippen molar-refractivity contribution in [1.82, 2.24) is 5.32 Å². The number of hydrogen-bond donors (Lipinski definition) is 2. The highest BCUT2D eigenvalue weighted by atomic mass is 32.2. The second-order valence-corrected chi connectivity index (χ2v) is 5.79. The van der Waals surface area contributed by atoms with Gasteiger partial charge in [-0.2, -0.15) is 0 Å². The van der Waals surface area contributed by atoms with Gasteiger partial charge >= 0.3 is 0 Å². The SMILES string of the molecule is O=C(CSc1ccccc1F)NCCNc1ccccc1[N+](=O)[O-]. The molecule has 0 spiro atoms. The molecule has 0 aliphatic rings. The minimum Gasteiger partial charge on any atom is -0.378 e. The van der Waals surface area contributed by atoms with Gasteiger partial charge in [0.2, 0.25) is 5.91 Å². The first kappa shape index (κ1) is 17.7. The van der Waals surface area contributed by atoms with Gasteiger partial charge in [-0.05, 0) is 18.2 Å². The number of thioether (sulfide) groups is 1. The fraction of sp³-hybridized carbons (Fsp3) is 0.188. The van der Waals surface area contributed by atoms with Crippen LogP contribution in [0.15, 0.2) is 53.4 Å². The molecule has 0 radical (unpaired) electrons. The van der Waals surface area contributed by atoms with Crippen LogP contribution in [0.5, 0.6) is 0 Å². The molecule has 1 amide bonds. The van der Waals surface area contributed by atoms with E-state index < -0.39 is 4.92 Å². The van der Waals surface area contributed by atoms with Crippen LogP contribution in [0, 0.1) is 15.9 Å². The zero-order valence-electron chi connectivity index (χ0n) is 12.7. The number of para-hydroxylation sites is 2. The monoisotopic (exact) mass is 349 g/mol. The van der Waals surface area contributed by atoms with Crippen molar-refractivity contribution in [1.29, 1.82) is 0 Å². The molecular formula is C16H16FN3O3S. The minimum absolute atomic E-state index is 0.0149. The number of rotatable bonds is 8. The Morgan fingerprint density at radius 1 is 1.12 bits per heavy atom. The zero-order chi connectivity index (χ0) is 17.4. The lowest BCUT2D eigenvalue weighted by Crippen LogP contribution is -2.30. The van der Waals surface area contributed by atoms with E-state index in [4.69, 9.17) is 0 Å². The fourth-order valence-corrected chi connectivity index (χ4v) is 2.71. The van der Waals surface area contributed by atoms with Crippen molar-refractivity contribution >= 4 is 29.0 Å². The Bertz CT molecular complexity index is 727. The van der Waals surface area contributed by atoms with Gasteiger partial charge in [-0.3, -0.25) is 14.9 Å². The van der Waals surface area contributed by atoms with Gasteiger partial charge in [0.1, 0.15) is 11.5 Å². The van der Waals surface area contributed by atoms with E-state index in [0.717, 1.165) is 11.8 Å². The number of amides is 1. The van der Waals surface area contributed by atoms with E-state index in [1.54, 1.807) is 36.4 Å². The maximum atomic E-state index is 13.4. The molecule has 0 saturated heterocycles. The van der Waals surface area contributed by atoms with Gasteiger partial charge in [0.05, 0.1) is 10.7 Å². The van der Waals surface area contributed by atoms with Crippen LogP contribution in [0.25, 0.3) is 0 Å². The van der Waals surface area contributed by atoms with Crippen molar-refractivity contribution < 1.29 is 14.1 Å². The van der Waals surface area contributed by atoms with Crippen LogP contribution in [-0.4, -0.2) is 29.7 Å². The molecule has 0 bridgehead atoms. The van der Waals surface area contributed by atoms with Crippen LogP contribution in [0.3, 0.4) is 0 Å². The molecule has 2 aromatic carbocycles. The molecule has 0 aromatic heterocycles. The van der Waals surface area contributed by atoms with Gasteiger partial charge in [-0.1, -0.05) is 24.3 Å². The summed E-state index contributed by atoms with van der Waals surface area (Å²) in [5.41, 5.74) is 0.386. The molecule has 0 unspecified atom stereocenters. The van der Waals surface area contributed by atoms with Gasteiger partial charge in [0.15, 0.2) is 0 Å². The molecule has 0 saturated carbocycles. The minimum atomic E-state index is -0.466. The summed E-state index contributed by atoms with van der Waals surface area (Å²) in [6, 6.07) is 12.6. The number of nitro benzene ring substituents is 1. The van der Waals surface area contributed by atoms with Gasteiger partial charge in [0.25, 0.3) is 5.69 Å². The molecule has 2 N–H and O–H groups in total. The average Bonchev–Trinajstić information content (AvgIpc) is 2.58. The number of nitrogens with zero attached hydrogens (tertiary/aromatic N) is 1. The number of carbonyl (C=O) groups is 1. The topological polar surface area (TPSA) is 84.3 Å². The molecule has 0 aliphatic heterocycles. The predicted octanol–water partition coefficient (Wildman–Crippen LogP) is 3.05. The lowest BCUT2D eigenvalue weighted by Gasteiger charge is -2.08. The lowest BCUT2D eigenvalue weighted by molar-refractivity contribution is -0.384. The summed E-state index contributed by atoms with van der Waals surface area (Å²) in [4.78, 5) is 22.6. The number of benzene rings is 2. The summed E-state index contributed by atoms with van der Waals surface area (Å²) < 4.78 is 13.4. The summed E-state index contributed by atoms with van der Waals surface area (Å²) in [5, 5.41) is 16.5. The van der Waals surface area contributed by atoms with Crippen molar-refractivity contribution in [2.45, 2.75) is 4.90 Å². The van der Waals surface area contributed by atoms with E-state index in [0.29, 0.717) is 23.7 Å². The summed E-state index contributed by atoms with van der Waals surface area (Å²) in [7, 11) is 0. The number of carbonyl (C=O) groups excluding carboxylic acids is 1. The first-order valence-electron chi connectivity index (χ1n) is 7.19. The first-order chi connectivity index (χ1) is 11.6. The van der Waals surface area contributed by atoms with Crippen LogP contribution >= 0.6 is 11.8 Å². The Labute approximate surface area is 142 Å². The molecule has 0 aliphatic carbocycles. The van der Waals surface area contributed by atoms with E-state index >= 15 is 0 Å². The molecule has 126 valence electrons. The maximum Gasteiger partial charge on any atom is 0.292 e. The average molecular weight is 349 g/mol. The van der Waals surface area contributed by atoms with E-state index in [9.17, 15) is 19.3 Å². The zero-order valence-corrected chi connectivity index (χ0v) is 13.5. The molecule has 0 atom stereocenters. The first-order valence-corrected chi connectivity index (χ1v) is 8.18. The van der Waals surface area contributed by atoms with Crippen LogP contribution in [0.2, 0.25) is 0 Å². The van der Waals surface area contributed by atoms with Crippen molar-refractivity contribution in [2.24, 2.45) is 0 Å². The Morgan fingerprint density at radius 3 is 2.58 bits per heavy atom. The molecule has 8 heteroatoms. The van der Waals surface area contributed by atoms with E-state index in [2.05, 4.69) is 10.6 Å². The maximum absolute atomic E-state index is 13.4. The van der Waals surface area contributed by atoms with E-state index in [-0.39, 0.29) is 23.2 Å². The molecule has 0 fully saturated rings. The fourth-order valence-electron chi connectivity index (χ4n) is 1.94. The normalized spacial score (nSPS) is 10.2. The van der Waals surface area contributed by atoms with E-state index in [1.807, 2.05) is 0 Å². The number of halogens is 1. The van der Waals surface area contributed by atoms with Crippen LogP contribution in [0.4, 0.5) is 15.8 Å². The smallest absolute Gasteiger partial charge is 0.292 e. The lowest BCUT2D eigenvalue weighted by atomic mass is 10.2. The molecule has 6 nitrogen and oxygen atoms in total. The predicted molar refractivity (Wildman–Crippen MR) is 91.7 cm³/mol. The third-order valence-electron chi connectivity index (χ3n) is 3.06. The van der Waals surface area contributed by atoms with Crippen molar-refractivity contribution in [3.63, 3.8) is 0 Å². The molecule has 2 rings (SSSR count). The largest absolute Gasteiger partial charge is 0.378 e. The van der Waals surface area contributed by atoms with Crippen LogP contribution < -0.4 is 10.6 Å². The highest BCUT2D eigenvalue weighted by molar-refractivity contribution is 8.00. The van der Waals surface area contributed by atoms with Gasteiger partial charge in [0, 0.05) is 24.1 Å². The van der Waals surface area contributed by atoms with Gasteiger partial charge in [-0.25, -0.2) is 4.39 Å². The summed E-state index contributed by atoms with van der Waals surface area (Å²) in [6.45, 7) is 0.656. The van der Waals surface area contributed by atoms with Crippen molar-refractivity contribution in [2.75, 3.05) is 24.2 Å². The quantitative estimate of drug-likeness (QED) is 0.331. The summed E-state index contributed by atoms with van der Waals surface area (Å²) in [5.74, 6) is -0.479.